The zero-order valence-corrected chi connectivity index (χ0v) is 12.0. The van der Waals surface area contributed by atoms with Crippen LogP contribution in [-0.4, -0.2) is 37.0 Å². The first-order valence-electron chi connectivity index (χ1n) is 6.42. The monoisotopic (exact) mass is 266 g/mol. The third-order valence-corrected chi connectivity index (χ3v) is 3.24. The second kappa shape index (κ2) is 8.16. The van der Waals surface area contributed by atoms with E-state index in [1.54, 1.807) is 0 Å². The van der Waals surface area contributed by atoms with Gasteiger partial charge < -0.3 is 10.2 Å². The van der Waals surface area contributed by atoms with Crippen molar-refractivity contribution in [2.24, 2.45) is 0 Å². The van der Waals surface area contributed by atoms with Gasteiger partial charge in [0.15, 0.2) is 0 Å². The predicted molar refractivity (Wildman–Crippen MR) is 78.2 cm³/mol. The molecule has 0 saturated heterocycles. The van der Waals surface area contributed by atoms with Crippen molar-refractivity contribution in [2.45, 2.75) is 25.2 Å². The third kappa shape index (κ3) is 5.56. The molecule has 0 aliphatic heterocycles. The van der Waals surface area contributed by atoms with Gasteiger partial charge in [-0.05, 0) is 30.8 Å². The van der Waals surface area contributed by atoms with Gasteiger partial charge in [0.05, 0.1) is 6.42 Å². The normalized spacial score (nSPS) is 10.7. The molecule has 0 fully saturated rings. The maximum Gasteiger partial charge on any atom is 0.224 e. The number of hydrogen-bond donors (Lipinski definition) is 2. The molecular formula is C14H22N2OS. The SMILES string of the molecule is CCN(CC)CCNC(=O)Cc1ccc(S)cc1. The van der Waals surface area contributed by atoms with Crippen molar-refractivity contribution in [3.8, 4) is 0 Å². The van der Waals surface area contributed by atoms with E-state index in [4.69, 9.17) is 0 Å². The summed E-state index contributed by atoms with van der Waals surface area (Å²) >= 11 is 4.22. The molecule has 0 aromatic heterocycles. The molecule has 1 amide bonds. The van der Waals surface area contributed by atoms with Crippen molar-refractivity contribution in [3.05, 3.63) is 29.8 Å². The Morgan fingerprint density at radius 2 is 1.83 bits per heavy atom. The molecule has 1 aromatic carbocycles. The fraction of sp³-hybridized carbons (Fsp3) is 0.500. The average Bonchev–Trinajstić information content (AvgIpc) is 2.37. The third-order valence-electron chi connectivity index (χ3n) is 2.95. The number of benzene rings is 1. The molecule has 3 nitrogen and oxygen atoms in total. The highest BCUT2D eigenvalue weighted by Crippen LogP contribution is 2.07. The molecule has 1 N–H and O–H groups in total. The van der Waals surface area contributed by atoms with Crippen LogP contribution in [0.25, 0.3) is 0 Å². The van der Waals surface area contributed by atoms with Crippen LogP contribution < -0.4 is 5.32 Å². The molecule has 0 aliphatic rings. The first-order valence-corrected chi connectivity index (χ1v) is 6.87. The largest absolute Gasteiger partial charge is 0.355 e. The molecule has 0 heterocycles. The molecule has 0 bridgehead atoms. The lowest BCUT2D eigenvalue weighted by Gasteiger charge is -2.17. The van der Waals surface area contributed by atoms with Gasteiger partial charge in [-0.15, -0.1) is 12.6 Å². The topological polar surface area (TPSA) is 32.3 Å². The van der Waals surface area contributed by atoms with Crippen molar-refractivity contribution in [1.29, 1.82) is 0 Å². The van der Waals surface area contributed by atoms with Gasteiger partial charge in [-0.3, -0.25) is 4.79 Å². The highest BCUT2D eigenvalue weighted by atomic mass is 32.1. The van der Waals surface area contributed by atoms with Gasteiger partial charge in [-0.25, -0.2) is 0 Å². The molecule has 0 spiro atoms. The Labute approximate surface area is 115 Å². The summed E-state index contributed by atoms with van der Waals surface area (Å²) in [5, 5.41) is 2.95. The van der Waals surface area contributed by atoms with E-state index in [1.165, 1.54) is 0 Å². The van der Waals surface area contributed by atoms with Gasteiger partial charge in [-0.1, -0.05) is 26.0 Å². The molecule has 18 heavy (non-hydrogen) atoms. The van der Waals surface area contributed by atoms with Crippen LogP contribution in [0.15, 0.2) is 29.2 Å². The standard InChI is InChI=1S/C14H22N2OS/c1-3-16(4-2)10-9-15-14(17)11-12-5-7-13(18)8-6-12/h5-8,18H,3-4,9-11H2,1-2H3,(H,15,17). The molecule has 100 valence electrons. The van der Waals surface area contributed by atoms with Crippen LogP contribution in [0.1, 0.15) is 19.4 Å². The molecule has 0 unspecified atom stereocenters. The van der Waals surface area contributed by atoms with Crippen LogP contribution in [0.4, 0.5) is 0 Å². The van der Waals surface area contributed by atoms with Crippen molar-refractivity contribution in [1.82, 2.24) is 10.2 Å². The summed E-state index contributed by atoms with van der Waals surface area (Å²) in [6.07, 6.45) is 0.437. The smallest absolute Gasteiger partial charge is 0.224 e. The van der Waals surface area contributed by atoms with Gasteiger partial charge in [-0.2, -0.15) is 0 Å². The molecule has 1 aromatic rings. The van der Waals surface area contributed by atoms with Crippen LogP contribution >= 0.6 is 12.6 Å². The summed E-state index contributed by atoms with van der Waals surface area (Å²) < 4.78 is 0. The number of nitrogens with one attached hydrogen (secondary N) is 1. The van der Waals surface area contributed by atoms with E-state index >= 15 is 0 Å². The zero-order chi connectivity index (χ0) is 13.4. The van der Waals surface area contributed by atoms with Crippen molar-refractivity contribution in [2.75, 3.05) is 26.2 Å². The van der Waals surface area contributed by atoms with Crippen LogP contribution in [0, 0.1) is 0 Å². The maximum atomic E-state index is 11.7. The molecular weight excluding hydrogens is 244 g/mol. The molecule has 0 saturated carbocycles. The van der Waals surface area contributed by atoms with E-state index in [0.717, 1.165) is 30.1 Å². The summed E-state index contributed by atoms with van der Waals surface area (Å²) in [6.45, 7) is 7.93. The highest BCUT2D eigenvalue weighted by Gasteiger charge is 2.04. The quantitative estimate of drug-likeness (QED) is 0.740. The Bertz CT molecular complexity index is 361. The number of carbonyl (C=O) groups is 1. The number of amides is 1. The number of hydrogen-bond acceptors (Lipinski definition) is 3. The van der Waals surface area contributed by atoms with Crippen molar-refractivity contribution in [3.63, 3.8) is 0 Å². The van der Waals surface area contributed by atoms with Crippen LogP contribution in [0.5, 0.6) is 0 Å². The molecule has 0 aliphatic carbocycles. The minimum absolute atomic E-state index is 0.0778. The summed E-state index contributed by atoms with van der Waals surface area (Å²) in [4.78, 5) is 14.9. The Morgan fingerprint density at radius 3 is 2.39 bits per heavy atom. The maximum absolute atomic E-state index is 11.7. The molecule has 0 radical (unpaired) electrons. The van der Waals surface area contributed by atoms with E-state index in [0.29, 0.717) is 13.0 Å². The fourth-order valence-corrected chi connectivity index (χ4v) is 1.90. The number of thiol groups is 1. The second-order valence-electron chi connectivity index (χ2n) is 4.22. The summed E-state index contributed by atoms with van der Waals surface area (Å²) in [7, 11) is 0. The van der Waals surface area contributed by atoms with Gasteiger partial charge in [0.25, 0.3) is 0 Å². The zero-order valence-electron chi connectivity index (χ0n) is 11.1. The highest BCUT2D eigenvalue weighted by molar-refractivity contribution is 7.80. The summed E-state index contributed by atoms with van der Waals surface area (Å²) in [5.41, 5.74) is 1.02. The number of likely N-dealkylation sites (N-methyl/N-ethyl adjacent to an activating group) is 1. The first-order chi connectivity index (χ1) is 8.65. The Balaban J connectivity index is 2.27. The van der Waals surface area contributed by atoms with E-state index in [2.05, 4.69) is 36.7 Å². The fourth-order valence-electron chi connectivity index (χ4n) is 1.75. The van der Waals surface area contributed by atoms with E-state index in [9.17, 15) is 4.79 Å². The summed E-state index contributed by atoms with van der Waals surface area (Å²) in [6, 6.07) is 7.68. The lowest BCUT2D eigenvalue weighted by atomic mass is 10.1. The van der Waals surface area contributed by atoms with Gasteiger partial charge in [0, 0.05) is 18.0 Å². The Kier molecular flexibility index (Phi) is 6.83. The number of rotatable bonds is 7. The number of carbonyl (C=O) groups excluding carboxylic acids is 1. The van der Waals surface area contributed by atoms with Gasteiger partial charge >= 0.3 is 0 Å². The van der Waals surface area contributed by atoms with Crippen LogP contribution in [-0.2, 0) is 11.2 Å². The lowest BCUT2D eigenvalue weighted by molar-refractivity contribution is -0.120. The Hall–Kier alpha value is -1.00. The lowest BCUT2D eigenvalue weighted by Crippen LogP contribution is -2.35. The second-order valence-corrected chi connectivity index (χ2v) is 4.74. The minimum atomic E-state index is 0.0778. The molecule has 4 heteroatoms. The molecule has 1 rings (SSSR count). The van der Waals surface area contributed by atoms with E-state index < -0.39 is 0 Å². The summed E-state index contributed by atoms with van der Waals surface area (Å²) in [5.74, 6) is 0.0778. The van der Waals surface area contributed by atoms with Crippen LogP contribution in [0.3, 0.4) is 0 Å². The average molecular weight is 266 g/mol. The van der Waals surface area contributed by atoms with Crippen LogP contribution in [0.2, 0.25) is 0 Å². The van der Waals surface area contributed by atoms with E-state index in [-0.39, 0.29) is 5.91 Å². The Morgan fingerprint density at radius 1 is 1.22 bits per heavy atom. The van der Waals surface area contributed by atoms with Crippen molar-refractivity contribution < 1.29 is 4.79 Å². The van der Waals surface area contributed by atoms with E-state index in [1.807, 2.05) is 24.3 Å². The van der Waals surface area contributed by atoms with Gasteiger partial charge in [0.2, 0.25) is 5.91 Å². The first kappa shape index (κ1) is 15.1. The van der Waals surface area contributed by atoms with Crippen molar-refractivity contribution >= 4 is 18.5 Å². The minimum Gasteiger partial charge on any atom is -0.355 e. The molecule has 0 atom stereocenters. The number of nitrogens with zero attached hydrogens (tertiary/aromatic N) is 1. The predicted octanol–water partition coefficient (Wildman–Crippen LogP) is 1.98. The van der Waals surface area contributed by atoms with Gasteiger partial charge in [0.1, 0.15) is 0 Å².